The van der Waals surface area contributed by atoms with E-state index < -0.39 is 11.8 Å². The van der Waals surface area contributed by atoms with E-state index in [1.807, 2.05) is 37.4 Å². The fourth-order valence-corrected chi connectivity index (χ4v) is 4.92. The Balaban J connectivity index is 1.58. The topological polar surface area (TPSA) is 81.3 Å². The van der Waals surface area contributed by atoms with Crippen LogP contribution in [-0.4, -0.2) is 59.9 Å². The van der Waals surface area contributed by atoms with Gasteiger partial charge in [-0.05, 0) is 36.7 Å². The average Bonchev–Trinajstić information content (AvgIpc) is 3.30. The first-order valence-electron chi connectivity index (χ1n) is 10.4. The third-order valence-electron chi connectivity index (χ3n) is 6.47. The van der Waals surface area contributed by atoms with Gasteiger partial charge in [0.05, 0.1) is 16.9 Å². The van der Waals surface area contributed by atoms with Gasteiger partial charge in [-0.25, -0.2) is 4.98 Å². The molecule has 2 unspecified atom stereocenters. The maximum atomic E-state index is 12.9. The van der Waals surface area contributed by atoms with Gasteiger partial charge in [-0.15, -0.1) is 0 Å². The van der Waals surface area contributed by atoms with Crippen molar-refractivity contribution in [1.82, 2.24) is 20.2 Å². The van der Waals surface area contributed by atoms with Gasteiger partial charge in [0, 0.05) is 49.5 Å². The SMILES string of the molecule is Cc1cccc2c(C3C(=O)NC(=O)C3c3cc(N4CCN(C)CC4)ncc3Cl)c[nH]c12. The Morgan fingerprint density at radius 1 is 1.06 bits per heavy atom. The summed E-state index contributed by atoms with van der Waals surface area (Å²) in [7, 11) is 2.10. The van der Waals surface area contributed by atoms with Crippen molar-refractivity contribution in [3.8, 4) is 0 Å². The van der Waals surface area contributed by atoms with E-state index in [0.717, 1.165) is 54.0 Å². The number of rotatable bonds is 3. The van der Waals surface area contributed by atoms with Gasteiger partial charge in [-0.1, -0.05) is 29.8 Å². The molecule has 2 aliphatic rings. The minimum Gasteiger partial charge on any atom is -0.361 e. The van der Waals surface area contributed by atoms with Gasteiger partial charge in [-0.2, -0.15) is 0 Å². The second-order valence-corrected chi connectivity index (χ2v) is 8.81. The summed E-state index contributed by atoms with van der Waals surface area (Å²) >= 11 is 6.53. The summed E-state index contributed by atoms with van der Waals surface area (Å²) in [6.07, 6.45) is 3.43. The molecule has 0 aliphatic carbocycles. The molecule has 3 aromatic rings. The highest BCUT2D eigenvalue weighted by Crippen LogP contribution is 2.43. The molecule has 160 valence electrons. The van der Waals surface area contributed by atoms with Crippen molar-refractivity contribution in [1.29, 1.82) is 0 Å². The second kappa shape index (κ2) is 7.66. The molecule has 2 aromatic heterocycles. The van der Waals surface area contributed by atoms with E-state index >= 15 is 0 Å². The van der Waals surface area contributed by atoms with E-state index in [9.17, 15) is 9.59 Å². The number of nitrogens with zero attached hydrogens (tertiary/aromatic N) is 3. The Bertz CT molecular complexity index is 1180. The first-order chi connectivity index (χ1) is 14.9. The first kappa shape index (κ1) is 20.0. The van der Waals surface area contributed by atoms with E-state index in [1.54, 1.807) is 6.20 Å². The number of halogens is 1. The zero-order valence-electron chi connectivity index (χ0n) is 17.5. The Morgan fingerprint density at radius 3 is 2.52 bits per heavy atom. The minimum atomic E-state index is -0.700. The van der Waals surface area contributed by atoms with Gasteiger partial charge in [0.2, 0.25) is 11.8 Å². The number of likely N-dealkylation sites (N-methyl/N-ethyl adjacent to an activating group) is 1. The van der Waals surface area contributed by atoms with E-state index in [2.05, 4.69) is 32.1 Å². The number of imide groups is 1. The summed E-state index contributed by atoms with van der Waals surface area (Å²) in [5.41, 5.74) is 3.51. The first-order valence-corrected chi connectivity index (χ1v) is 10.8. The smallest absolute Gasteiger partial charge is 0.235 e. The molecule has 1 aromatic carbocycles. The molecule has 2 aliphatic heterocycles. The number of anilines is 1. The number of hydrogen-bond donors (Lipinski definition) is 2. The number of carbonyl (C=O) groups is 2. The fourth-order valence-electron chi connectivity index (χ4n) is 4.70. The number of piperazine rings is 1. The normalized spacial score (nSPS) is 22.4. The number of amides is 2. The molecule has 0 saturated carbocycles. The van der Waals surface area contributed by atoms with Crippen LogP contribution in [0.5, 0.6) is 0 Å². The highest BCUT2D eigenvalue weighted by atomic mass is 35.5. The van der Waals surface area contributed by atoms with E-state index in [1.165, 1.54) is 0 Å². The van der Waals surface area contributed by atoms with Crippen molar-refractivity contribution in [3.63, 3.8) is 0 Å². The largest absolute Gasteiger partial charge is 0.361 e. The third-order valence-corrected chi connectivity index (χ3v) is 6.78. The number of nitrogens with one attached hydrogen (secondary N) is 2. The summed E-state index contributed by atoms with van der Waals surface area (Å²) in [5.74, 6) is -1.19. The highest BCUT2D eigenvalue weighted by molar-refractivity contribution is 6.32. The lowest BCUT2D eigenvalue weighted by molar-refractivity contribution is -0.125. The van der Waals surface area contributed by atoms with Crippen LogP contribution in [0.1, 0.15) is 28.5 Å². The molecular formula is C23H24ClN5O2. The van der Waals surface area contributed by atoms with Gasteiger partial charge in [0.25, 0.3) is 0 Å². The Morgan fingerprint density at radius 2 is 1.77 bits per heavy atom. The van der Waals surface area contributed by atoms with Crippen molar-refractivity contribution < 1.29 is 9.59 Å². The average molecular weight is 438 g/mol. The molecule has 2 saturated heterocycles. The summed E-state index contributed by atoms with van der Waals surface area (Å²) in [6, 6.07) is 7.83. The lowest BCUT2D eigenvalue weighted by atomic mass is 9.83. The molecule has 5 rings (SSSR count). The standard InChI is InChI=1S/C23H24ClN5O2/c1-13-4-3-5-14-16(11-26-21(13)14)20-19(22(30)27-23(20)31)15-10-18(25-12-17(15)24)29-8-6-28(2)7-9-29/h3-5,10-12,19-20,26H,6-9H2,1-2H3,(H,27,30,31). The zero-order valence-corrected chi connectivity index (χ0v) is 18.2. The van der Waals surface area contributed by atoms with Gasteiger partial charge in [0.1, 0.15) is 5.82 Å². The van der Waals surface area contributed by atoms with E-state index in [0.29, 0.717) is 10.6 Å². The Hall–Kier alpha value is -2.90. The lowest BCUT2D eigenvalue weighted by Crippen LogP contribution is -2.44. The molecule has 2 atom stereocenters. The number of benzene rings is 1. The highest BCUT2D eigenvalue weighted by Gasteiger charge is 2.45. The number of aromatic nitrogens is 2. The molecule has 2 fully saturated rings. The van der Waals surface area contributed by atoms with Crippen LogP contribution in [0, 0.1) is 6.92 Å². The van der Waals surface area contributed by atoms with Gasteiger partial charge in [0.15, 0.2) is 0 Å². The molecule has 0 bridgehead atoms. The second-order valence-electron chi connectivity index (χ2n) is 8.40. The van der Waals surface area contributed by atoms with Crippen LogP contribution >= 0.6 is 11.6 Å². The molecule has 2 amide bonds. The maximum absolute atomic E-state index is 12.9. The summed E-state index contributed by atoms with van der Waals surface area (Å²) in [4.78, 5) is 38.1. The predicted octanol–water partition coefficient (Wildman–Crippen LogP) is 2.80. The number of aryl methyl sites for hydroxylation is 1. The number of H-pyrrole nitrogens is 1. The molecule has 0 radical (unpaired) electrons. The number of para-hydroxylation sites is 1. The van der Waals surface area contributed by atoms with E-state index in [4.69, 9.17) is 11.6 Å². The molecule has 0 spiro atoms. The van der Waals surface area contributed by atoms with Crippen molar-refractivity contribution in [3.05, 3.63) is 58.4 Å². The van der Waals surface area contributed by atoms with Gasteiger partial charge < -0.3 is 14.8 Å². The van der Waals surface area contributed by atoms with Crippen molar-refractivity contribution in [2.75, 3.05) is 38.1 Å². The molecule has 8 heteroatoms. The minimum absolute atomic E-state index is 0.300. The number of hydrogen-bond acceptors (Lipinski definition) is 5. The van der Waals surface area contributed by atoms with Crippen LogP contribution in [0.25, 0.3) is 10.9 Å². The Kier molecular flexibility index (Phi) is 4.95. The lowest BCUT2D eigenvalue weighted by Gasteiger charge is -2.33. The number of carbonyl (C=O) groups excluding carboxylic acids is 2. The predicted molar refractivity (Wildman–Crippen MR) is 121 cm³/mol. The quantitative estimate of drug-likeness (QED) is 0.616. The molecular weight excluding hydrogens is 414 g/mol. The van der Waals surface area contributed by atoms with Gasteiger partial charge in [-0.3, -0.25) is 14.9 Å². The van der Waals surface area contributed by atoms with Crippen LogP contribution in [0.15, 0.2) is 36.7 Å². The van der Waals surface area contributed by atoms with E-state index in [-0.39, 0.29) is 11.8 Å². The van der Waals surface area contributed by atoms with Crippen LogP contribution in [0.2, 0.25) is 5.02 Å². The van der Waals surface area contributed by atoms with Crippen LogP contribution in [0.4, 0.5) is 5.82 Å². The molecule has 7 nitrogen and oxygen atoms in total. The summed E-state index contributed by atoms with van der Waals surface area (Å²) in [5, 5.41) is 3.87. The number of pyridine rings is 1. The van der Waals surface area contributed by atoms with Gasteiger partial charge >= 0.3 is 0 Å². The summed E-state index contributed by atoms with van der Waals surface area (Å²) in [6.45, 7) is 5.61. The third kappa shape index (κ3) is 3.38. The molecule has 2 N–H and O–H groups in total. The fraction of sp³-hybridized carbons (Fsp3) is 0.348. The van der Waals surface area contributed by atoms with Crippen molar-refractivity contribution >= 4 is 40.1 Å². The monoisotopic (exact) mass is 437 g/mol. The summed E-state index contributed by atoms with van der Waals surface area (Å²) < 4.78 is 0. The van der Waals surface area contributed by atoms with Crippen LogP contribution < -0.4 is 10.2 Å². The van der Waals surface area contributed by atoms with Crippen LogP contribution in [-0.2, 0) is 9.59 Å². The number of fused-ring (bicyclic) bond motifs is 1. The zero-order chi connectivity index (χ0) is 21.7. The van der Waals surface area contributed by atoms with Crippen LogP contribution in [0.3, 0.4) is 0 Å². The molecule has 4 heterocycles. The number of aromatic amines is 1. The molecule has 31 heavy (non-hydrogen) atoms. The van der Waals surface area contributed by atoms with Crippen molar-refractivity contribution in [2.45, 2.75) is 18.8 Å². The maximum Gasteiger partial charge on any atom is 0.235 e. The van der Waals surface area contributed by atoms with Crippen molar-refractivity contribution in [2.24, 2.45) is 0 Å². The Labute approximate surface area is 185 Å².